The lowest BCUT2D eigenvalue weighted by Crippen LogP contribution is -1.95. The molecule has 0 aliphatic heterocycles. The van der Waals surface area contributed by atoms with E-state index in [2.05, 4.69) is 46.5 Å². The lowest BCUT2D eigenvalue weighted by Gasteiger charge is -2.09. The second-order valence-electron chi connectivity index (χ2n) is 3.57. The molecule has 2 rings (SSSR count). The van der Waals surface area contributed by atoms with Gasteiger partial charge in [-0.05, 0) is 45.9 Å². The summed E-state index contributed by atoms with van der Waals surface area (Å²) in [5, 5.41) is 0. The van der Waals surface area contributed by atoms with Gasteiger partial charge in [-0.15, -0.1) is 11.8 Å². The van der Waals surface area contributed by atoms with Gasteiger partial charge in [0.25, 0.3) is 0 Å². The first-order chi connectivity index (χ1) is 8.29. The quantitative estimate of drug-likeness (QED) is 0.754. The Hall–Kier alpha value is -0.930. The van der Waals surface area contributed by atoms with E-state index in [9.17, 15) is 0 Å². The van der Waals surface area contributed by atoms with Crippen LogP contribution in [0.25, 0.3) is 0 Å². The van der Waals surface area contributed by atoms with E-state index in [4.69, 9.17) is 4.74 Å². The van der Waals surface area contributed by atoms with Gasteiger partial charge in [-0.2, -0.15) is 0 Å². The molecule has 0 atom stereocenters. The largest absolute Gasteiger partial charge is 0.488 e. The molecule has 0 unspecified atom stereocenters. The van der Waals surface area contributed by atoms with E-state index in [1.54, 1.807) is 11.8 Å². The molecule has 0 fully saturated rings. The van der Waals surface area contributed by atoms with Gasteiger partial charge in [0.05, 0.1) is 4.47 Å². The van der Waals surface area contributed by atoms with Gasteiger partial charge in [0.1, 0.15) is 12.4 Å². The minimum absolute atomic E-state index is 0.595. The van der Waals surface area contributed by atoms with Crippen molar-refractivity contribution in [2.24, 2.45) is 0 Å². The van der Waals surface area contributed by atoms with Gasteiger partial charge in [0.2, 0.25) is 0 Å². The Morgan fingerprint density at radius 2 is 1.88 bits per heavy atom. The van der Waals surface area contributed by atoms with Crippen molar-refractivity contribution in [2.45, 2.75) is 11.5 Å². The van der Waals surface area contributed by atoms with Crippen LogP contribution in [0.15, 0.2) is 57.9 Å². The van der Waals surface area contributed by atoms with Gasteiger partial charge in [-0.3, -0.25) is 0 Å². The van der Waals surface area contributed by atoms with E-state index in [1.165, 1.54) is 10.5 Å². The summed E-state index contributed by atoms with van der Waals surface area (Å²) in [4.78, 5) is 1.20. The first-order valence-electron chi connectivity index (χ1n) is 5.30. The van der Waals surface area contributed by atoms with E-state index >= 15 is 0 Å². The third kappa shape index (κ3) is 3.51. The van der Waals surface area contributed by atoms with Gasteiger partial charge >= 0.3 is 0 Å². The number of hydrogen-bond donors (Lipinski definition) is 0. The van der Waals surface area contributed by atoms with Crippen LogP contribution < -0.4 is 4.74 Å². The van der Waals surface area contributed by atoms with E-state index in [1.807, 2.05) is 24.3 Å². The van der Waals surface area contributed by atoms with Crippen molar-refractivity contribution in [3.05, 3.63) is 58.6 Å². The van der Waals surface area contributed by atoms with Gasteiger partial charge in [0.15, 0.2) is 0 Å². The predicted octanol–water partition coefficient (Wildman–Crippen LogP) is 4.75. The fourth-order valence-corrected chi connectivity index (χ4v) is 2.25. The van der Waals surface area contributed by atoms with Crippen molar-refractivity contribution in [3.63, 3.8) is 0 Å². The third-order valence-corrected chi connectivity index (χ3v) is 3.76. The Balaban J connectivity index is 2.08. The lowest BCUT2D eigenvalue weighted by molar-refractivity contribution is 0.303. The maximum absolute atomic E-state index is 5.81. The lowest BCUT2D eigenvalue weighted by atomic mass is 10.2. The smallest absolute Gasteiger partial charge is 0.135 e. The Morgan fingerprint density at radius 3 is 2.59 bits per heavy atom. The van der Waals surface area contributed by atoms with Crippen molar-refractivity contribution >= 4 is 27.7 Å². The van der Waals surface area contributed by atoms with Gasteiger partial charge in [-0.1, -0.05) is 30.3 Å². The molecule has 0 aliphatic rings. The summed E-state index contributed by atoms with van der Waals surface area (Å²) in [6, 6.07) is 16.3. The minimum atomic E-state index is 0.595. The van der Waals surface area contributed by atoms with Crippen molar-refractivity contribution in [2.75, 3.05) is 6.26 Å². The Morgan fingerprint density at radius 1 is 1.12 bits per heavy atom. The topological polar surface area (TPSA) is 9.23 Å². The van der Waals surface area contributed by atoms with Gasteiger partial charge < -0.3 is 4.74 Å². The molecule has 2 aromatic rings. The molecule has 1 nitrogen and oxygen atoms in total. The Kier molecular flexibility index (Phi) is 4.51. The molecule has 2 aromatic carbocycles. The highest BCUT2D eigenvalue weighted by atomic mass is 79.9. The zero-order valence-corrected chi connectivity index (χ0v) is 11.9. The fraction of sp³-hybridized carbons (Fsp3) is 0.143. The molecule has 3 heteroatoms. The molecule has 0 aromatic heterocycles. The maximum atomic E-state index is 5.81. The highest BCUT2D eigenvalue weighted by Crippen LogP contribution is 2.30. The summed E-state index contributed by atoms with van der Waals surface area (Å²) in [5.74, 6) is 0.890. The highest BCUT2D eigenvalue weighted by molar-refractivity contribution is 9.10. The standard InChI is InChI=1S/C14H13BrOS/c1-17-12-7-8-13(15)14(9-12)16-10-11-5-3-2-4-6-11/h2-9H,10H2,1H3. The van der Waals surface area contributed by atoms with E-state index in [0.29, 0.717) is 6.61 Å². The summed E-state index contributed by atoms with van der Waals surface area (Å²) in [5.41, 5.74) is 1.17. The summed E-state index contributed by atoms with van der Waals surface area (Å²) in [6.07, 6.45) is 2.06. The predicted molar refractivity (Wildman–Crippen MR) is 76.7 cm³/mol. The van der Waals surface area contributed by atoms with Crippen molar-refractivity contribution < 1.29 is 4.74 Å². The van der Waals surface area contributed by atoms with Crippen LogP contribution in [0.1, 0.15) is 5.56 Å². The number of thioether (sulfide) groups is 1. The average Bonchev–Trinajstić information content (AvgIpc) is 2.39. The SMILES string of the molecule is CSc1ccc(Br)c(OCc2ccccc2)c1. The summed E-state index contributed by atoms with van der Waals surface area (Å²) < 4.78 is 6.80. The minimum Gasteiger partial charge on any atom is -0.488 e. The van der Waals surface area contributed by atoms with E-state index < -0.39 is 0 Å². The van der Waals surface area contributed by atoms with Crippen LogP contribution in [0.4, 0.5) is 0 Å². The van der Waals surface area contributed by atoms with Gasteiger partial charge in [0, 0.05) is 4.90 Å². The Bertz CT molecular complexity index is 485. The molecule has 0 saturated carbocycles. The fourth-order valence-electron chi connectivity index (χ4n) is 1.46. The first-order valence-corrected chi connectivity index (χ1v) is 7.31. The molecule has 0 saturated heterocycles. The average molecular weight is 309 g/mol. The zero-order valence-electron chi connectivity index (χ0n) is 9.52. The molecule has 0 heterocycles. The number of halogens is 1. The van der Waals surface area contributed by atoms with Crippen molar-refractivity contribution in [1.29, 1.82) is 0 Å². The number of rotatable bonds is 4. The van der Waals surface area contributed by atoms with Crippen LogP contribution in [0.5, 0.6) is 5.75 Å². The van der Waals surface area contributed by atoms with Gasteiger partial charge in [-0.25, -0.2) is 0 Å². The molecule has 0 bridgehead atoms. The second-order valence-corrected chi connectivity index (χ2v) is 5.30. The molecular formula is C14H13BrOS. The maximum Gasteiger partial charge on any atom is 0.135 e. The summed E-state index contributed by atoms with van der Waals surface area (Å²) >= 11 is 5.21. The van der Waals surface area contributed by atoms with Crippen LogP contribution in [0.2, 0.25) is 0 Å². The van der Waals surface area contributed by atoms with Crippen molar-refractivity contribution in [1.82, 2.24) is 0 Å². The van der Waals surface area contributed by atoms with Crippen LogP contribution in [0, 0.1) is 0 Å². The van der Waals surface area contributed by atoms with Crippen LogP contribution >= 0.6 is 27.7 Å². The van der Waals surface area contributed by atoms with Crippen LogP contribution in [0.3, 0.4) is 0 Å². The molecule has 0 spiro atoms. The van der Waals surface area contributed by atoms with Crippen LogP contribution in [-0.4, -0.2) is 6.26 Å². The number of ether oxygens (including phenoxy) is 1. The number of benzene rings is 2. The molecule has 17 heavy (non-hydrogen) atoms. The van der Waals surface area contributed by atoms with Crippen LogP contribution in [-0.2, 0) is 6.61 Å². The molecule has 88 valence electrons. The molecule has 0 N–H and O–H groups in total. The normalized spacial score (nSPS) is 10.2. The monoisotopic (exact) mass is 308 g/mol. The highest BCUT2D eigenvalue weighted by Gasteiger charge is 2.03. The molecule has 0 amide bonds. The second kappa shape index (κ2) is 6.12. The summed E-state index contributed by atoms with van der Waals surface area (Å²) in [6.45, 7) is 0.595. The number of hydrogen-bond acceptors (Lipinski definition) is 2. The Labute approximate surface area is 114 Å². The molecular weight excluding hydrogens is 296 g/mol. The zero-order chi connectivity index (χ0) is 12.1. The summed E-state index contributed by atoms with van der Waals surface area (Å²) in [7, 11) is 0. The molecule has 0 aliphatic carbocycles. The van der Waals surface area contributed by atoms with Crippen molar-refractivity contribution in [3.8, 4) is 5.75 Å². The molecule has 0 radical (unpaired) electrons. The first kappa shape index (κ1) is 12.5. The van der Waals surface area contributed by atoms with E-state index in [0.717, 1.165) is 10.2 Å². The van der Waals surface area contributed by atoms with E-state index in [-0.39, 0.29) is 0 Å². The third-order valence-electron chi connectivity index (χ3n) is 2.38.